The molecular weight excluding hydrogens is 659 g/mol. The lowest BCUT2D eigenvalue weighted by atomic mass is 9.34. The lowest BCUT2D eigenvalue weighted by molar-refractivity contribution is 0.692. The summed E-state index contributed by atoms with van der Waals surface area (Å²) in [4.78, 5) is 5.22. The molecule has 0 unspecified atom stereocenters. The van der Waals surface area contributed by atoms with Crippen LogP contribution in [0.4, 0.5) is 17.1 Å². The van der Waals surface area contributed by atoms with E-state index >= 15 is 0 Å². The van der Waals surface area contributed by atoms with E-state index in [2.05, 4.69) is 198 Å². The lowest BCUT2D eigenvalue weighted by Crippen LogP contribution is -2.59. The van der Waals surface area contributed by atoms with Crippen molar-refractivity contribution in [3.8, 4) is 5.69 Å². The maximum atomic E-state index is 2.59. The largest absolute Gasteiger partial charge is 0.311 e. The predicted molar refractivity (Wildman–Crippen MR) is 223 cm³/mol. The van der Waals surface area contributed by atoms with E-state index in [-0.39, 0.29) is 6.71 Å². The van der Waals surface area contributed by atoms with E-state index in [0.717, 1.165) is 0 Å². The Kier molecular flexibility index (Phi) is 6.04. The van der Waals surface area contributed by atoms with Crippen molar-refractivity contribution in [3.05, 3.63) is 210 Å². The van der Waals surface area contributed by atoms with Gasteiger partial charge in [0.1, 0.15) is 0 Å². The molecule has 4 heterocycles. The first-order valence-electron chi connectivity index (χ1n) is 18.4. The molecule has 0 saturated carbocycles. The molecular formula is C49H31BN2S. The molecule has 1 aromatic heterocycles. The van der Waals surface area contributed by atoms with Crippen LogP contribution in [0.25, 0.3) is 27.5 Å². The standard InChI is InChI=1S/C49H31BN2S/c1-2-15-32(16-3-1)50-40-23-14-22-39-48(40)52(45-30-29-33(31-41(45)50)51-42-24-9-4-17-34(42)35-18-5-10-25-43(35)51)44-26-11-6-19-36(44)49(39)37-20-7-12-27-46(37)53-47-28-13-8-21-38(47)49/h1-31H. The Morgan fingerprint density at radius 2 is 1.02 bits per heavy atom. The maximum absolute atomic E-state index is 2.59. The summed E-state index contributed by atoms with van der Waals surface area (Å²) in [6.07, 6.45) is 0. The van der Waals surface area contributed by atoms with Crippen LogP contribution in [0.15, 0.2) is 198 Å². The van der Waals surface area contributed by atoms with E-state index in [0.29, 0.717) is 0 Å². The molecule has 0 atom stereocenters. The van der Waals surface area contributed by atoms with Gasteiger partial charge >= 0.3 is 0 Å². The molecule has 0 fully saturated rings. The normalized spacial score (nSPS) is 14.4. The lowest BCUT2D eigenvalue weighted by Gasteiger charge is -2.51. The van der Waals surface area contributed by atoms with Crippen LogP contribution in [-0.2, 0) is 5.41 Å². The Morgan fingerprint density at radius 1 is 0.434 bits per heavy atom. The highest BCUT2D eigenvalue weighted by molar-refractivity contribution is 7.99. The third-order valence-electron chi connectivity index (χ3n) is 11.9. The molecule has 0 amide bonds. The highest BCUT2D eigenvalue weighted by atomic mass is 32.2. The molecule has 246 valence electrons. The molecule has 0 saturated heterocycles. The zero-order valence-corrected chi connectivity index (χ0v) is 29.6. The van der Waals surface area contributed by atoms with E-state index in [1.807, 2.05) is 11.8 Å². The van der Waals surface area contributed by atoms with Crippen LogP contribution in [0, 0.1) is 0 Å². The van der Waals surface area contributed by atoms with E-state index < -0.39 is 5.41 Å². The van der Waals surface area contributed by atoms with Crippen molar-refractivity contribution in [1.29, 1.82) is 0 Å². The Bertz CT molecular complexity index is 2860. The van der Waals surface area contributed by atoms with Gasteiger partial charge in [-0.05, 0) is 81.7 Å². The number of rotatable bonds is 2. The van der Waals surface area contributed by atoms with E-state index in [9.17, 15) is 0 Å². The van der Waals surface area contributed by atoms with Gasteiger partial charge in [-0.1, -0.05) is 157 Å². The first-order valence-corrected chi connectivity index (χ1v) is 19.2. The third-order valence-corrected chi connectivity index (χ3v) is 13.0. The summed E-state index contributed by atoms with van der Waals surface area (Å²) in [6.45, 7) is 0.0382. The fourth-order valence-electron chi connectivity index (χ4n) is 9.91. The molecule has 12 rings (SSSR count). The molecule has 4 heteroatoms. The summed E-state index contributed by atoms with van der Waals surface area (Å²) in [5, 5.41) is 2.55. The molecule has 3 aliphatic heterocycles. The topological polar surface area (TPSA) is 8.17 Å². The number of fused-ring (bicyclic) bond motifs is 13. The van der Waals surface area contributed by atoms with Gasteiger partial charge in [-0.25, -0.2) is 0 Å². The molecule has 2 nitrogen and oxygen atoms in total. The fourth-order valence-corrected chi connectivity index (χ4v) is 11.1. The van der Waals surface area contributed by atoms with Crippen LogP contribution in [0.1, 0.15) is 22.3 Å². The van der Waals surface area contributed by atoms with Crippen molar-refractivity contribution >= 4 is 73.7 Å². The average Bonchev–Trinajstić information content (AvgIpc) is 3.56. The number of anilines is 3. The zero-order chi connectivity index (χ0) is 34.7. The van der Waals surface area contributed by atoms with Gasteiger partial charge in [0.2, 0.25) is 6.71 Å². The fraction of sp³-hybridized carbons (Fsp3) is 0.0204. The van der Waals surface area contributed by atoms with Crippen molar-refractivity contribution < 1.29 is 0 Å². The molecule has 0 bridgehead atoms. The summed E-state index contributed by atoms with van der Waals surface area (Å²) in [5.74, 6) is 0. The van der Waals surface area contributed by atoms with Crippen molar-refractivity contribution in [3.63, 3.8) is 0 Å². The minimum absolute atomic E-state index is 0.0382. The van der Waals surface area contributed by atoms with Gasteiger partial charge < -0.3 is 9.47 Å². The van der Waals surface area contributed by atoms with Gasteiger partial charge in [0, 0.05) is 37.6 Å². The van der Waals surface area contributed by atoms with Crippen molar-refractivity contribution in [2.24, 2.45) is 0 Å². The Morgan fingerprint density at radius 3 is 1.74 bits per heavy atom. The van der Waals surface area contributed by atoms with Crippen LogP contribution in [-0.4, -0.2) is 11.3 Å². The number of para-hydroxylation sites is 4. The number of nitrogens with zero attached hydrogens (tertiary/aromatic N) is 2. The first kappa shape index (κ1) is 29.4. The van der Waals surface area contributed by atoms with Crippen LogP contribution >= 0.6 is 11.8 Å². The minimum atomic E-state index is -0.474. The van der Waals surface area contributed by atoms with Gasteiger partial charge in [-0.2, -0.15) is 0 Å². The van der Waals surface area contributed by atoms with Crippen LogP contribution < -0.4 is 21.3 Å². The van der Waals surface area contributed by atoms with E-state index in [1.165, 1.54) is 93.0 Å². The second kappa shape index (κ2) is 10.9. The molecule has 0 N–H and O–H groups in total. The summed E-state index contributed by atoms with van der Waals surface area (Å²) in [6, 6.07) is 70.4. The number of benzene rings is 8. The zero-order valence-electron chi connectivity index (χ0n) is 28.8. The van der Waals surface area contributed by atoms with Gasteiger partial charge in [-0.3, -0.25) is 0 Å². The number of hydrogen-bond donors (Lipinski definition) is 0. The maximum Gasteiger partial charge on any atom is 0.246 e. The Hall–Kier alpha value is -6.23. The highest BCUT2D eigenvalue weighted by Crippen LogP contribution is 2.62. The average molecular weight is 691 g/mol. The van der Waals surface area contributed by atoms with Crippen molar-refractivity contribution in [1.82, 2.24) is 4.57 Å². The smallest absolute Gasteiger partial charge is 0.246 e. The third kappa shape index (κ3) is 3.81. The van der Waals surface area contributed by atoms with Gasteiger partial charge in [0.15, 0.2) is 0 Å². The molecule has 0 aliphatic carbocycles. The summed E-state index contributed by atoms with van der Waals surface area (Å²) < 4.78 is 2.45. The molecule has 53 heavy (non-hydrogen) atoms. The molecule has 8 aromatic carbocycles. The molecule has 1 spiro atoms. The highest BCUT2D eigenvalue weighted by Gasteiger charge is 2.52. The molecule has 3 aliphatic rings. The number of aromatic nitrogens is 1. The van der Waals surface area contributed by atoms with Gasteiger partial charge in [-0.15, -0.1) is 0 Å². The minimum Gasteiger partial charge on any atom is -0.311 e. The SMILES string of the molecule is c1ccc(B2c3cc(-n4c5ccccc5c5ccccc54)ccc3N3c4ccccc4C4(c5ccccc5Sc5ccccc54)c4cccc2c43)cc1. The summed E-state index contributed by atoms with van der Waals surface area (Å²) in [5.41, 5.74) is 16.2. The van der Waals surface area contributed by atoms with Crippen LogP contribution in [0.5, 0.6) is 0 Å². The van der Waals surface area contributed by atoms with Crippen LogP contribution in [0.3, 0.4) is 0 Å². The Balaban J connectivity index is 1.20. The van der Waals surface area contributed by atoms with Crippen molar-refractivity contribution in [2.45, 2.75) is 15.2 Å². The van der Waals surface area contributed by atoms with Crippen LogP contribution in [0.2, 0.25) is 0 Å². The summed E-state index contributed by atoms with van der Waals surface area (Å²) >= 11 is 1.90. The predicted octanol–water partition coefficient (Wildman–Crippen LogP) is 10.2. The quantitative estimate of drug-likeness (QED) is 0.167. The van der Waals surface area contributed by atoms with Gasteiger partial charge in [0.05, 0.1) is 22.1 Å². The van der Waals surface area contributed by atoms with E-state index in [4.69, 9.17) is 0 Å². The Labute approximate surface area is 313 Å². The first-order chi connectivity index (χ1) is 26.3. The second-order valence-electron chi connectivity index (χ2n) is 14.4. The van der Waals surface area contributed by atoms with Gasteiger partial charge in [0.25, 0.3) is 0 Å². The molecule has 0 radical (unpaired) electrons. The summed E-state index contributed by atoms with van der Waals surface area (Å²) in [7, 11) is 0. The number of hydrogen-bond acceptors (Lipinski definition) is 2. The second-order valence-corrected chi connectivity index (χ2v) is 15.5. The molecule has 9 aromatic rings. The van der Waals surface area contributed by atoms with Crippen molar-refractivity contribution in [2.75, 3.05) is 4.90 Å². The van der Waals surface area contributed by atoms with E-state index in [1.54, 1.807) is 0 Å². The monoisotopic (exact) mass is 690 g/mol.